The van der Waals surface area contributed by atoms with E-state index in [1.807, 2.05) is 24.3 Å². The molecule has 2 N–H and O–H groups in total. The standard InChI is InChI=1S/C14H15NO4/c1-9-7-12(19-13(9)14(16)17)8-15-10-3-5-11(18-2)6-4-10/h3-7,15H,8H2,1-2H3,(H,16,17). The number of carboxylic acids is 1. The molecule has 1 aromatic carbocycles. The molecule has 0 spiro atoms. The first-order chi connectivity index (χ1) is 9.10. The monoisotopic (exact) mass is 261 g/mol. The maximum Gasteiger partial charge on any atom is 0.372 e. The number of hydrogen-bond donors (Lipinski definition) is 2. The molecule has 100 valence electrons. The van der Waals surface area contributed by atoms with Crippen molar-refractivity contribution in [1.29, 1.82) is 0 Å². The summed E-state index contributed by atoms with van der Waals surface area (Å²) in [5.41, 5.74) is 1.53. The third-order valence-electron chi connectivity index (χ3n) is 2.72. The molecule has 19 heavy (non-hydrogen) atoms. The van der Waals surface area contributed by atoms with Gasteiger partial charge in [0.05, 0.1) is 13.7 Å². The Morgan fingerprint density at radius 3 is 2.58 bits per heavy atom. The number of aryl methyl sites for hydroxylation is 1. The second kappa shape index (κ2) is 5.48. The zero-order valence-corrected chi connectivity index (χ0v) is 10.8. The number of ether oxygens (including phenoxy) is 1. The molecule has 0 aliphatic rings. The summed E-state index contributed by atoms with van der Waals surface area (Å²) in [6.07, 6.45) is 0. The summed E-state index contributed by atoms with van der Waals surface area (Å²) < 4.78 is 10.3. The van der Waals surface area contributed by atoms with E-state index in [1.165, 1.54) is 0 Å². The summed E-state index contributed by atoms with van der Waals surface area (Å²) >= 11 is 0. The zero-order valence-electron chi connectivity index (χ0n) is 10.8. The molecule has 0 saturated carbocycles. The molecule has 0 aliphatic carbocycles. The highest BCUT2D eigenvalue weighted by molar-refractivity contribution is 5.86. The summed E-state index contributed by atoms with van der Waals surface area (Å²) in [6.45, 7) is 2.14. The van der Waals surface area contributed by atoms with Crippen molar-refractivity contribution in [2.24, 2.45) is 0 Å². The number of nitrogens with one attached hydrogen (secondary N) is 1. The van der Waals surface area contributed by atoms with E-state index in [0.29, 0.717) is 17.9 Å². The Kier molecular flexibility index (Phi) is 3.75. The molecule has 5 nitrogen and oxygen atoms in total. The van der Waals surface area contributed by atoms with Crippen LogP contribution < -0.4 is 10.1 Å². The average molecular weight is 261 g/mol. The second-order valence-corrected chi connectivity index (χ2v) is 4.11. The van der Waals surface area contributed by atoms with Gasteiger partial charge < -0.3 is 19.6 Å². The number of rotatable bonds is 5. The van der Waals surface area contributed by atoms with Crippen LogP contribution in [-0.2, 0) is 6.54 Å². The van der Waals surface area contributed by atoms with Crippen molar-refractivity contribution in [3.05, 3.63) is 47.4 Å². The topological polar surface area (TPSA) is 71.7 Å². The van der Waals surface area contributed by atoms with Gasteiger partial charge in [0, 0.05) is 11.3 Å². The first-order valence-corrected chi connectivity index (χ1v) is 5.80. The smallest absolute Gasteiger partial charge is 0.372 e. The number of anilines is 1. The Bertz CT molecular complexity index is 572. The summed E-state index contributed by atoms with van der Waals surface area (Å²) in [4.78, 5) is 10.9. The lowest BCUT2D eigenvalue weighted by Crippen LogP contribution is -1.98. The summed E-state index contributed by atoms with van der Waals surface area (Å²) in [7, 11) is 1.61. The normalized spacial score (nSPS) is 10.2. The molecule has 1 aromatic heterocycles. The second-order valence-electron chi connectivity index (χ2n) is 4.11. The van der Waals surface area contributed by atoms with Gasteiger partial charge in [-0.3, -0.25) is 0 Å². The predicted octanol–water partition coefficient (Wildman–Crippen LogP) is 2.91. The maximum absolute atomic E-state index is 10.9. The summed E-state index contributed by atoms with van der Waals surface area (Å²) in [5.74, 6) is 0.318. The first-order valence-electron chi connectivity index (χ1n) is 5.80. The van der Waals surface area contributed by atoms with Gasteiger partial charge in [-0.15, -0.1) is 0 Å². The predicted molar refractivity (Wildman–Crippen MR) is 70.7 cm³/mol. The Balaban J connectivity index is 2.01. The lowest BCUT2D eigenvalue weighted by atomic mass is 10.2. The van der Waals surface area contributed by atoms with Crippen molar-refractivity contribution < 1.29 is 19.1 Å². The molecule has 5 heteroatoms. The highest BCUT2D eigenvalue weighted by Gasteiger charge is 2.13. The van der Waals surface area contributed by atoms with Gasteiger partial charge in [-0.25, -0.2) is 4.79 Å². The minimum absolute atomic E-state index is 0.00784. The highest BCUT2D eigenvalue weighted by Crippen LogP contribution is 2.18. The van der Waals surface area contributed by atoms with Gasteiger partial charge >= 0.3 is 5.97 Å². The highest BCUT2D eigenvalue weighted by atomic mass is 16.5. The number of aromatic carboxylic acids is 1. The fourth-order valence-corrected chi connectivity index (χ4v) is 1.75. The van der Waals surface area contributed by atoms with E-state index in [1.54, 1.807) is 20.1 Å². The number of hydrogen-bond acceptors (Lipinski definition) is 4. The number of carboxylic acid groups (broad SMARTS) is 1. The Hall–Kier alpha value is -2.43. The van der Waals surface area contributed by atoms with Crippen LogP contribution in [0.15, 0.2) is 34.7 Å². The average Bonchev–Trinajstić information content (AvgIpc) is 2.78. The molecule has 1 heterocycles. The summed E-state index contributed by atoms with van der Waals surface area (Å²) in [5, 5.41) is 12.0. The van der Waals surface area contributed by atoms with Gasteiger partial charge in [-0.2, -0.15) is 0 Å². The summed E-state index contributed by atoms with van der Waals surface area (Å²) in [6, 6.07) is 9.18. The SMILES string of the molecule is COc1ccc(NCc2cc(C)c(C(=O)O)o2)cc1. The van der Waals surface area contributed by atoms with Gasteiger partial charge in [0.25, 0.3) is 0 Å². The number of furan rings is 1. The molecule has 0 bridgehead atoms. The van der Waals surface area contributed by atoms with E-state index in [2.05, 4.69) is 5.32 Å². The number of methoxy groups -OCH3 is 1. The van der Waals surface area contributed by atoms with Crippen LogP contribution in [0.1, 0.15) is 21.9 Å². The molecule has 2 rings (SSSR count). The van der Waals surface area contributed by atoms with Crippen molar-refractivity contribution in [2.75, 3.05) is 12.4 Å². The van der Waals surface area contributed by atoms with Crippen LogP contribution in [0.3, 0.4) is 0 Å². The molecule has 2 aromatic rings. The van der Waals surface area contributed by atoms with Gasteiger partial charge in [-0.1, -0.05) is 0 Å². The fraction of sp³-hybridized carbons (Fsp3) is 0.214. The molecule has 0 radical (unpaired) electrons. The Morgan fingerprint density at radius 2 is 2.05 bits per heavy atom. The van der Waals surface area contributed by atoms with E-state index in [9.17, 15) is 4.79 Å². The van der Waals surface area contributed by atoms with Gasteiger partial charge in [0.2, 0.25) is 5.76 Å². The minimum atomic E-state index is -1.05. The van der Waals surface area contributed by atoms with Crippen LogP contribution in [0.2, 0.25) is 0 Å². The van der Waals surface area contributed by atoms with Crippen LogP contribution in [0.4, 0.5) is 5.69 Å². The van der Waals surface area contributed by atoms with Crippen molar-refractivity contribution in [1.82, 2.24) is 0 Å². The largest absolute Gasteiger partial charge is 0.497 e. The van der Waals surface area contributed by atoms with E-state index in [-0.39, 0.29) is 5.76 Å². The molecule has 0 atom stereocenters. The fourth-order valence-electron chi connectivity index (χ4n) is 1.75. The van der Waals surface area contributed by atoms with Crippen LogP contribution in [0.5, 0.6) is 5.75 Å². The van der Waals surface area contributed by atoms with Crippen molar-refractivity contribution in [3.8, 4) is 5.75 Å². The van der Waals surface area contributed by atoms with Gasteiger partial charge in [-0.05, 0) is 37.3 Å². The van der Waals surface area contributed by atoms with E-state index < -0.39 is 5.97 Å². The lowest BCUT2D eigenvalue weighted by Gasteiger charge is -2.05. The molecular weight excluding hydrogens is 246 g/mol. The molecule has 0 saturated heterocycles. The maximum atomic E-state index is 10.9. The third kappa shape index (κ3) is 3.07. The van der Waals surface area contributed by atoms with Crippen molar-refractivity contribution in [3.63, 3.8) is 0 Å². The Morgan fingerprint density at radius 1 is 1.37 bits per heavy atom. The van der Waals surface area contributed by atoms with Crippen LogP contribution in [-0.4, -0.2) is 18.2 Å². The van der Waals surface area contributed by atoms with E-state index in [4.69, 9.17) is 14.3 Å². The molecule has 0 fully saturated rings. The van der Waals surface area contributed by atoms with Crippen LogP contribution in [0, 0.1) is 6.92 Å². The number of benzene rings is 1. The van der Waals surface area contributed by atoms with E-state index in [0.717, 1.165) is 11.4 Å². The van der Waals surface area contributed by atoms with Gasteiger partial charge in [0.1, 0.15) is 11.5 Å². The van der Waals surface area contributed by atoms with Crippen molar-refractivity contribution in [2.45, 2.75) is 13.5 Å². The quantitative estimate of drug-likeness (QED) is 0.865. The first kappa shape index (κ1) is 13.0. The van der Waals surface area contributed by atoms with Crippen molar-refractivity contribution >= 4 is 11.7 Å². The van der Waals surface area contributed by atoms with Crippen LogP contribution >= 0.6 is 0 Å². The zero-order chi connectivity index (χ0) is 13.8. The lowest BCUT2D eigenvalue weighted by molar-refractivity contribution is 0.0659. The van der Waals surface area contributed by atoms with Gasteiger partial charge in [0.15, 0.2) is 0 Å². The molecule has 0 aliphatic heterocycles. The number of carbonyl (C=O) groups is 1. The van der Waals surface area contributed by atoms with E-state index >= 15 is 0 Å². The Labute approximate surface area is 110 Å². The minimum Gasteiger partial charge on any atom is -0.497 e. The molecule has 0 amide bonds. The third-order valence-corrected chi connectivity index (χ3v) is 2.72. The molecule has 0 unspecified atom stereocenters. The van der Waals surface area contributed by atoms with Crippen LogP contribution in [0.25, 0.3) is 0 Å². The molecular formula is C14H15NO4.